The minimum absolute atomic E-state index is 0.150. The van der Waals surface area contributed by atoms with Crippen molar-refractivity contribution in [3.63, 3.8) is 0 Å². The van der Waals surface area contributed by atoms with E-state index in [2.05, 4.69) is 17.1 Å². The van der Waals surface area contributed by atoms with E-state index < -0.39 is 0 Å². The molecule has 2 rings (SSSR count). The fourth-order valence-electron chi connectivity index (χ4n) is 2.24. The van der Waals surface area contributed by atoms with Crippen LogP contribution >= 0.6 is 11.8 Å². The van der Waals surface area contributed by atoms with E-state index in [1.165, 1.54) is 0 Å². The van der Waals surface area contributed by atoms with Gasteiger partial charge in [-0.3, -0.25) is 9.69 Å². The molecular formula is C9H16N2OS. The summed E-state index contributed by atoms with van der Waals surface area (Å²) < 4.78 is 0. The summed E-state index contributed by atoms with van der Waals surface area (Å²) in [6.45, 7) is 5.90. The van der Waals surface area contributed by atoms with E-state index in [0.717, 1.165) is 32.5 Å². The molecule has 74 valence electrons. The summed E-state index contributed by atoms with van der Waals surface area (Å²) >= 11 is 1.57. The lowest BCUT2D eigenvalue weighted by Crippen LogP contribution is -2.49. The smallest absolute Gasteiger partial charge is 0.204 e. The zero-order chi connectivity index (χ0) is 9.31. The van der Waals surface area contributed by atoms with Gasteiger partial charge in [0.05, 0.1) is 11.4 Å². The van der Waals surface area contributed by atoms with Crippen molar-refractivity contribution in [2.24, 2.45) is 0 Å². The van der Waals surface area contributed by atoms with Crippen LogP contribution in [0.4, 0.5) is 0 Å². The number of likely N-dealkylation sites (N-methyl/N-ethyl adjacent to an activating group) is 1. The summed E-state index contributed by atoms with van der Waals surface area (Å²) in [7, 11) is 0. The molecule has 0 aromatic heterocycles. The number of piperidine rings is 1. The van der Waals surface area contributed by atoms with Crippen molar-refractivity contribution in [2.45, 2.75) is 24.6 Å². The molecule has 0 aromatic carbocycles. The fourth-order valence-corrected chi connectivity index (χ4v) is 3.62. The Hall–Kier alpha value is -0.0600. The van der Waals surface area contributed by atoms with Crippen molar-refractivity contribution in [3.05, 3.63) is 0 Å². The number of thioether (sulfide) groups is 1. The first-order valence-electron chi connectivity index (χ1n) is 4.94. The Balaban J connectivity index is 2.13. The highest BCUT2D eigenvalue weighted by molar-refractivity contribution is 8.15. The summed E-state index contributed by atoms with van der Waals surface area (Å²) in [6, 6.07) is 0. The molecular weight excluding hydrogens is 184 g/mol. The zero-order valence-corrected chi connectivity index (χ0v) is 8.82. The number of carbonyl (C=O) groups excluding carboxylic acids is 1. The summed E-state index contributed by atoms with van der Waals surface area (Å²) in [5.41, 5.74) is 0. The van der Waals surface area contributed by atoms with E-state index in [0.29, 0.717) is 11.7 Å². The van der Waals surface area contributed by atoms with Gasteiger partial charge in [0.15, 0.2) is 0 Å². The monoisotopic (exact) mass is 200 g/mol. The van der Waals surface area contributed by atoms with Gasteiger partial charge in [0.25, 0.3) is 0 Å². The molecule has 2 aliphatic rings. The maximum Gasteiger partial charge on any atom is 0.204 e. The van der Waals surface area contributed by atoms with Gasteiger partial charge in [-0.05, 0) is 32.5 Å². The van der Waals surface area contributed by atoms with Crippen molar-refractivity contribution in [1.82, 2.24) is 10.2 Å². The molecule has 0 bridgehead atoms. The van der Waals surface area contributed by atoms with Gasteiger partial charge in [-0.1, -0.05) is 18.7 Å². The number of carbonyl (C=O) groups is 1. The SMILES string of the molecule is CCN1CC(=O)SC12CCNCC2. The molecule has 0 saturated carbocycles. The van der Waals surface area contributed by atoms with Crippen molar-refractivity contribution >= 4 is 16.9 Å². The van der Waals surface area contributed by atoms with E-state index in [4.69, 9.17) is 0 Å². The van der Waals surface area contributed by atoms with E-state index in [1.54, 1.807) is 11.8 Å². The largest absolute Gasteiger partial charge is 0.317 e. The minimum atomic E-state index is 0.150. The molecule has 1 N–H and O–H groups in total. The lowest BCUT2D eigenvalue weighted by atomic mass is 10.0. The average Bonchev–Trinajstić information content (AvgIpc) is 2.43. The predicted octanol–water partition coefficient (Wildman–Crippen LogP) is 0.661. The topological polar surface area (TPSA) is 32.3 Å². The van der Waals surface area contributed by atoms with E-state index in [-0.39, 0.29) is 4.87 Å². The molecule has 0 aliphatic carbocycles. The van der Waals surface area contributed by atoms with Gasteiger partial charge >= 0.3 is 0 Å². The number of rotatable bonds is 1. The average molecular weight is 200 g/mol. The quantitative estimate of drug-likeness (QED) is 0.674. The number of nitrogens with zero attached hydrogens (tertiary/aromatic N) is 1. The maximum atomic E-state index is 11.4. The van der Waals surface area contributed by atoms with Gasteiger partial charge in [-0.25, -0.2) is 0 Å². The summed E-state index contributed by atoms with van der Waals surface area (Å²) in [5, 5.41) is 3.69. The standard InChI is InChI=1S/C9H16N2OS/c1-2-11-7-8(12)13-9(11)3-5-10-6-4-9/h10H,2-7H2,1H3. The van der Waals surface area contributed by atoms with E-state index >= 15 is 0 Å². The molecule has 0 atom stereocenters. The van der Waals surface area contributed by atoms with Gasteiger partial charge in [-0.2, -0.15) is 0 Å². The van der Waals surface area contributed by atoms with Crippen LogP contribution < -0.4 is 5.32 Å². The molecule has 2 aliphatic heterocycles. The zero-order valence-electron chi connectivity index (χ0n) is 8.01. The van der Waals surface area contributed by atoms with Gasteiger partial charge < -0.3 is 5.32 Å². The third kappa shape index (κ3) is 1.63. The Morgan fingerprint density at radius 2 is 2.23 bits per heavy atom. The van der Waals surface area contributed by atoms with Gasteiger partial charge in [0.1, 0.15) is 0 Å². The summed E-state index contributed by atoms with van der Waals surface area (Å²) in [5.74, 6) is 0. The van der Waals surface area contributed by atoms with Gasteiger partial charge in [-0.15, -0.1) is 0 Å². The molecule has 0 radical (unpaired) electrons. The van der Waals surface area contributed by atoms with Crippen LogP contribution in [0.25, 0.3) is 0 Å². The normalized spacial score (nSPS) is 28.5. The maximum absolute atomic E-state index is 11.4. The molecule has 0 amide bonds. The second-order valence-electron chi connectivity index (χ2n) is 3.68. The van der Waals surface area contributed by atoms with Crippen LogP contribution in [0.3, 0.4) is 0 Å². The Kier molecular flexibility index (Phi) is 2.62. The number of hydrogen-bond donors (Lipinski definition) is 1. The van der Waals surface area contributed by atoms with Gasteiger partial charge in [0.2, 0.25) is 5.12 Å². The van der Waals surface area contributed by atoms with Crippen molar-refractivity contribution in [3.8, 4) is 0 Å². The van der Waals surface area contributed by atoms with Crippen LogP contribution in [0, 0.1) is 0 Å². The van der Waals surface area contributed by atoms with E-state index in [9.17, 15) is 4.79 Å². The molecule has 2 saturated heterocycles. The molecule has 4 heteroatoms. The second-order valence-corrected chi connectivity index (χ2v) is 5.10. The van der Waals surface area contributed by atoms with Crippen LogP contribution in [-0.2, 0) is 4.79 Å². The van der Waals surface area contributed by atoms with Crippen LogP contribution in [0.1, 0.15) is 19.8 Å². The molecule has 2 fully saturated rings. The van der Waals surface area contributed by atoms with Crippen LogP contribution in [0.5, 0.6) is 0 Å². The van der Waals surface area contributed by atoms with Crippen molar-refractivity contribution < 1.29 is 4.79 Å². The van der Waals surface area contributed by atoms with E-state index in [1.807, 2.05) is 0 Å². The molecule has 13 heavy (non-hydrogen) atoms. The van der Waals surface area contributed by atoms with Crippen molar-refractivity contribution in [2.75, 3.05) is 26.2 Å². The highest BCUT2D eigenvalue weighted by atomic mass is 32.2. The Labute approximate surface area is 83.2 Å². The number of hydrogen-bond acceptors (Lipinski definition) is 4. The lowest BCUT2D eigenvalue weighted by molar-refractivity contribution is -0.111. The number of nitrogens with one attached hydrogen (secondary N) is 1. The molecule has 1 spiro atoms. The van der Waals surface area contributed by atoms with Crippen LogP contribution in [0.2, 0.25) is 0 Å². The minimum Gasteiger partial charge on any atom is -0.317 e. The third-order valence-electron chi connectivity index (χ3n) is 2.97. The second kappa shape index (κ2) is 3.59. The van der Waals surface area contributed by atoms with Gasteiger partial charge in [0, 0.05) is 0 Å². The highest BCUT2D eigenvalue weighted by Gasteiger charge is 2.45. The Bertz CT molecular complexity index is 214. The molecule has 2 heterocycles. The Morgan fingerprint density at radius 3 is 2.85 bits per heavy atom. The molecule has 0 aromatic rings. The lowest BCUT2D eigenvalue weighted by Gasteiger charge is -2.39. The molecule has 3 nitrogen and oxygen atoms in total. The summed E-state index contributed by atoms with van der Waals surface area (Å²) in [4.78, 5) is 13.9. The first kappa shape index (κ1) is 9.49. The highest BCUT2D eigenvalue weighted by Crippen LogP contribution is 2.42. The Morgan fingerprint density at radius 1 is 1.54 bits per heavy atom. The summed E-state index contributed by atoms with van der Waals surface area (Å²) in [6.07, 6.45) is 2.22. The molecule has 0 unspecified atom stereocenters. The fraction of sp³-hybridized carbons (Fsp3) is 0.889. The van der Waals surface area contributed by atoms with Crippen LogP contribution in [0.15, 0.2) is 0 Å². The predicted molar refractivity (Wildman–Crippen MR) is 54.7 cm³/mol. The third-order valence-corrected chi connectivity index (χ3v) is 4.37. The first-order chi connectivity index (χ1) is 6.27. The van der Waals surface area contributed by atoms with Crippen molar-refractivity contribution in [1.29, 1.82) is 0 Å². The first-order valence-corrected chi connectivity index (χ1v) is 5.76. The van der Waals surface area contributed by atoms with Crippen LogP contribution in [-0.4, -0.2) is 41.1 Å².